The van der Waals surface area contributed by atoms with Gasteiger partial charge in [-0.05, 0) is 6.07 Å². The van der Waals surface area contributed by atoms with Crippen LogP contribution in [0.5, 0.6) is 0 Å². The Balaban J connectivity index is 2.53. The molecule has 0 amide bonds. The Labute approximate surface area is 71.3 Å². The van der Waals surface area contributed by atoms with Crippen molar-refractivity contribution in [1.82, 2.24) is 4.98 Å². The van der Waals surface area contributed by atoms with Crippen molar-refractivity contribution in [2.24, 2.45) is 0 Å². The van der Waals surface area contributed by atoms with E-state index in [1.807, 2.05) is 18.2 Å². The molecule has 1 N–H and O–H groups in total. The standard InChI is InChI=1S/C10H8N2/c1-2-8-6-9-4-3-5-11-10(9)12-7-8/h1,3-4,6-7H,5H2,(H,11,12). The molecular weight excluding hydrogens is 148 g/mol. The third-order valence-electron chi connectivity index (χ3n) is 1.77. The Kier molecular flexibility index (Phi) is 1.56. The fourth-order valence-corrected chi connectivity index (χ4v) is 1.18. The van der Waals surface area contributed by atoms with Gasteiger partial charge < -0.3 is 5.32 Å². The van der Waals surface area contributed by atoms with E-state index in [1.165, 1.54) is 0 Å². The molecule has 1 aromatic rings. The first kappa shape index (κ1) is 6.93. The van der Waals surface area contributed by atoms with Crippen LogP contribution in [-0.2, 0) is 0 Å². The van der Waals surface area contributed by atoms with E-state index in [0.717, 1.165) is 23.5 Å². The van der Waals surface area contributed by atoms with Crippen LogP contribution in [0.3, 0.4) is 0 Å². The minimum Gasteiger partial charge on any atom is -0.366 e. The van der Waals surface area contributed by atoms with E-state index in [1.54, 1.807) is 6.20 Å². The van der Waals surface area contributed by atoms with Crippen LogP contribution in [0, 0.1) is 12.3 Å². The molecule has 0 atom stereocenters. The van der Waals surface area contributed by atoms with Crippen LogP contribution in [0.2, 0.25) is 0 Å². The molecule has 0 saturated carbocycles. The van der Waals surface area contributed by atoms with Crippen molar-refractivity contribution in [2.45, 2.75) is 0 Å². The first-order valence-electron chi connectivity index (χ1n) is 3.77. The molecular formula is C10H8N2. The monoisotopic (exact) mass is 156 g/mol. The zero-order valence-corrected chi connectivity index (χ0v) is 6.54. The number of pyridine rings is 1. The molecule has 0 saturated heterocycles. The molecule has 2 nitrogen and oxygen atoms in total. The Bertz CT molecular complexity index is 372. The van der Waals surface area contributed by atoms with Crippen molar-refractivity contribution in [3.63, 3.8) is 0 Å². The van der Waals surface area contributed by atoms with Crippen molar-refractivity contribution in [3.8, 4) is 12.3 Å². The summed E-state index contributed by atoms with van der Waals surface area (Å²) in [7, 11) is 0. The lowest BCUT2D eigenvalue weighted by molar-refractivity contribution is 1.20. The molecule has 2 heteroatoms. The number of nitrogens with zero attached hydrogens (tertiary/aromatic N) is 1. The Morgan fingerprint density at radius 1 is 1.58 bits per heavy atom. The number of anilines is 1. The molecule has 58 valence electrons. The van der Waals surface area contributed by atoms with Crippen molar-refractivity contribution >= 4 is 11.9 Å². The van der Waals surface area contributed by atoms with E-state index in [-0.39, 0.29) is 0 Å². The van der Waals surface area contributed by atoms with E-state index in [2.05, 4.69) is 16.2 Å². The predicted molar refractivity (Wildman–Crippen MR) is 49.7 cm³/mol. The average molecular weight is 156 g/mol. The summed E-state index contributed by atoms with van der Waals surface area (Å²) in [6.45, 7) is 0.843. The fourth-order valence-electron chi connectivity index (χ4n) is 1.18. The van der Waals surface area contributed by atoms with Crippen LogP contribution < -0.4 is 5.32 Å². The molecule has 0 spiro atoms. The normalized spacial score (nSPS) is 12.9. The van der Waals surface area contributed by atoms with Gasteiger partial charge in [-0.25, -0.2) is 4.98 Å². The van der Waals surface area contributed by atoms with Crippen molar-refractivity contribution in [2.75, 3.05) is 11.9 Å². The summed E-state index contributed by atoms with van der Waals surface area (Å²) in [6, 6.07) is 1.95. The number of hydrogen-bond acceptors (Lipinski definition) is 2. The van der Waals surface area contributed by atoms with Gasteiger partial charge in [-0.1, -0.05) is 18.1 Å². The highest BCUT2D eigenvalue weighted by Gasteiger charge is 2.03. The van der Waals surface area contributed by atoms with Crippen LogP contribution in [0.15, 0.2) is 18.3 Å². The average Bonchev–Trinajstić information content (AvgIpc) is 2.17. The lowest BCUT2D eigenvalue weighted by atomic mass is 10.1. The maximum absolute atomic E-state index is 5.25. The van der Waals surface area contributed by atoms with Gasteiger partial charge in [-0.2, -0.15) is 0 Å². The number of hydrogen-bond donors (Lipinski definition) is 1. The summed E-state index contributed by atoms with van der Waals surface area (Å²) in [5.74, 6) is 3.47. The Morgan fingerprint density at radius 2 is 2.50 bits per heavy atom. The highest BCUT2D eigenvalue weighted by Crippen LogP contribution is 2.18. The van der Waals surface area contributed by atoms with E-state index >= 15 is 0 Å². The molecule has 12 heavy (non-hydrogen) atoms. The van der Waals surface area contributed by atoms with Crippen LogP contribution in [0.1, 0.15) is 11.1 Å². The highest BCUT2D eigenvalue weighted by molar-refractivity contribution is 5.67. The number of fused-ring (bicyclic) bond motifs is 1. The van der Waals surface area contributed by atoms with Crippen LogP contribution in [0.25, 0.3) is 6.08 Å². The van der Waals surface area contributed by atoms with Crippen LogP contribution in [-0.4, -0.2) is 11.5 Å². The minimum atomic E-state index is 0.821. The van der Waals surface area contributed by atoms with Gasteiger partial charge in [0.25, 0.3) is 0 Å². The smallest absolute Gasteiger partial charge is 0.133 e. The summed E-state index contributed by atoms with van der Waals surface area (Å²) in [5.41, 5.74) is 1.89. The number of terminal acetylenes is 1. The van der Waals surface area contributed by atoms with Gasteiger partial charge in [0, 0.05) is 23.9 Å². The quantitative estimate of drug-likeness (QED) is 0.576. The molecule has 1 aromatic heterocycles. The van der Waals surface area contributed by atoms with E-state index in [0.29, 0.717) is 0 Å². The number of nitrogens with one attached hydrogen (secondary N) is 1. The lowest BCUT2D eigenvalue weighted by Gasteiger charge is -2.10. The summed E-state index contributed by atoms with van der Waals surface area (Å²) >= 11 is 0. The zero-order chi connectivity index (χ0) is 8.39. The third kappa shape index (κ3) is 1.06. The first-order chi connectivity index (χ1) is 5.90. The van der Waals surface area contributed by atoms with Crippen LogP contribution >= 0.6 is 0 Å². The second kappa shape index (κ2) is 2.71. The van der Waals surface area contributed by atoms with Gasteiger partial charge in [0.2, 0.25) is 0 Å². The fraction of sp³-hybridized carbons (Fsp3) is 0.100. The Morgan fingerprint density at radius 3 is 3.33 bits per heavy atom. The molecule has 0 aliphatic carbocycles. The second-order valence-corrected chi connectivity index (χ2v) is 2.59. The van der Waals surface area contributed by atoms with E-state index in [9.17, 15) is 0 Å². The lowest BCUT2D eigenvalue weighted by Crippen LogP contribution is -2.06. The largest absolute Gasteiger partial charge is 0.366 e. The topological polar surface area (TPSA) is 24.9 Å². The molecule has 0 unspecified atom stereocenters. The summed E-state index contributed by atoms with van der Waals surface area (Å²) in [6.07, 6.45) is 11.0. The van der Waals surface area contributed by atoms with Crippen molar-refractivity contribution in [3.05, 3.63) is 29.5 Å². The molecule has 2 heterocycles. The zero-order valence-electron chi connectivity index (χ0n) is 6.54. The second-order valence-electron chi connectivity index (χ2n) is 2.59. The van der Waals surface area contributed by atoms with E-state index < -0.39 is 0 Å². The van der Waals surface area contributed by atoms with Gasteiger partial charge in [0.1, 0.15) is 5.82 Å². The summed E-state index contributed by atoms with van der Waals surface area (Å²) < 4.78 is 0. The van der Waals surface area contributed by atoms with Gasteiger partial charge in [0.15, 0.2) is 0 Å². The molecule has 1 aliphatic heterocycles. The first-order valence-corrected chi connectivity index (χ1v) is 3.77. The van der Waals surface area contributed by atoms with Crippen molar-refractivity contribution < 1.29 is 0 Å². The Hall–Kier alpha value is -1.75. The molecule has 0 aromatic carbocycles. The van der Waals surface area contributed by atoms with E-state index in [4.69, 9.17) is 6.42 Å². The third-order valence-corrected chi connectivity index (χ3v) is 1.77. The maximum atomic E-state index is 5.25. The van der Waals surface area contributed by atoms with Gasteiger partial charge in [-0.3, -0.25) is 0 Å². The van der Waals surface area contributed by atoms with Gasteiger partial charge in [-0.15, -0.1) is 6.42 Å². The molecule has 0 radical (unpaired) electrons. The number of aromatic nitrogens is 1. The van der Waals surface area contributed by atoms with Crippen molar-refractivity contribution in [1.29, 1.82) is 0 Å². The molecule has 0 bridgehead atoms. The molecule has 1 aliphatic rings. The summed E-state index contributed by atoms with van der Waals surface area (Å²) in [5, 5.41) is 3.15. The predicted octanol–water partition coefficient (Wildman–Crippen LogP) is 1.50. The van der Waals surface area contributed by atoms with Gasteiger partial charge in [0.05, 0.1) is 0 Å². The van der Waals surface area contributed by atoms with Gasteiger partial charge >= 0.3 is 0 Å². The summed E-state index contributed by atoms with van der Waals surface area (Å²) in [4.78, 5) is 4.19. The minimum absolute atomic E-state index is 0.821. The highest BCUT2D eigenvalue weighted by atomic mass is 15.0. The molecule has 0 fully saturated rings. The maximum Gasteiger partial charge on any atom is 0.133 e. The SMILES string of the molecule is C#Cc1cnc2c(c1)C=CCN2. The van der Waals surface area contributed by atoms with Crippen LogP contribution in [0.4, 0.5) is 5.82 Å². The number of rotatable bonds is 0. The molecule has 2 rings (SSSR count).